The first-order chi connectivity index (χ1) is 16.0. The molecule has 4 nitrogen and oxygen atoms in total. The Morgan fingerprint density at radius 1 is 0.882 bits per heavy atom. The molecule has 0 saturated heterocycles. The Morgan fingerprint density at radius 3 is 1.97 bits per heavy atom. The van der Waals surface area contributed by atoms with Crippen molar-refractivity contribution in [3.05, 3.63) is 34.9 Å². The fraction of sp³-hybridized carbons (Fsp3) is 0.667. The average molecular weight is 473 g/mol. The minimum absolute atomic E-state index is 0.0950. The van der Waals surface area contributed by atoms with Crippen molar-refractivity contribution in [2.45, 2.75) is 113 Å². The molecule has 0 aliphatic carbocycles. The zero-order valence-corrected chi connectivity index (χ0v) is 22.7. The smallest absolute Gasteiger partial charge is 0.308 e. The van der Waals surface area contributed by atoms with Crippen LogP contribution in [0.2, 0.25) is 0 Å². The number of Topliss-reactive ketones (excluding diaryl/α,β-unsaturated/α-hetero) is 1. The van der Waals surface area contributed by atoms with Crippen molar-refractivity contribution in [2.75, 3.05) is 0 Å². The molecule has 0 radical (unpaired) electrons. The summed E-state index contributed by atoms with van der Waals surface area (Å²) in [6, 6.07) is 3.09. The number of phenols is 1. The number of allylic oxidation sites excluding steroid dienone is 2. The Hall–Kier alpha value is -2.10. The van der Waals surface area contributed by atoms with E-state index in [2.05, 4.69) is 40.7 Å². The van der Waals surface area contributed by atoms with Gasteiger partial charge in [0.25, 0.3) is 0 Å². The second-order valence-corrected chi connectivity index (χ2v) is 10.7. The molecule has 0 fully saturated rings. The van der Waals surface area contributed by atoms with Crippen molar-refractivity contribution >= 4 is 11.8 Å². The van der Waals surface area contributed by atoms with Gasteiger partial charge in [-0.1, -0.05) is 84.3 Å². The first-order valence-corrected chi connectivity index (χ1v) is 13.2. The standard InChI is InChI=1S/C30H48O4/c1-21(2)11-8-12-22(3)13-9-14-23(4)15-10-16-24(5)17-18-28-29(34-26(7)32)20-19-27(25(6)31)30(28)33/h17,19-23,33H,8-16,18H2,1-7H3/b24-17+. The predicted molar refractivity (Wildman–Crippen MR) is 142 cm³/mol. The lowest BCUT2D eigenvalue weighted by Crippen LogP contribution is -2.06. The number of rotatable bonds is 16. The highest BCUT2D eigenvalue weighted by Gasteiger charge is 2.17. The molecular formula is C30H48O4. The van der Waals surface area contributed by atoms with E-state index in [-0.39, 0.29) is 17.1 Å². The van der Waals surface area contributed by atoms with Crippen LogP contribution in [0, 0.1) is 17.8 Å². The van der Waals surface area contributed by atoms with Crippen molar-refractivity contribution in [3.63, 3.8) is 0 Å². The summed E-state index contributed by atoms with van der Waals surface area (Å²) < 4.78 is 5.25. The largest absolute Gasteiger partial charge is 0.507 e. The van der Waals surface area contributed by atoms with E-state index in [1.54, 1.807) is 6.07 Å². The number of ether oxygens (including phenoxy) is 1. The lowest BCUT2D eigenvalue weighted by molar-refractivity contribution is -0.131. The van der Waals surface area contributed by atoms with Crippen LogP contribution in [0.15, 0.2) is 23.8 Å². The van der Waals surface area contributed by atoms with Crippen LogP contribution in [0.1, 0.15) is 122 Å². The molecule has 4 heteroatoms. The highest BCUT2D eigenvalue weighted by atomic mass is 16.5. The molecule has 34 heavy (non-hydrogen) atoms. The van der Waals surface area contributed by atoms with Crippen molar-refractivity contribution in [3.8, 4) is 11.5 Å². The highest BCUT2D eigenvalue weighted by molar-refractivity contribution is 5.97. The second kappa shape index (κ2) is 15.7. The molecule has 0 bridgehead atoms. The molecule has 0 aliphatic rings. The fourth-order valence-electron chi connectivity index (χ4n) is 4.44. The lowest BCUT2D eigenvalue weighted by atomic mass is 9.91. The van der Waals surface area contributed by atoms with E-state index in [4.69, 9.17) is 4.74 Å². The molecule has 0 aromatic heterocycles. The summed E-state index contributed by atoms with van der Waals surface area (Å²) in [5.74, 6) is 1.95. The van der Waals surface area contributed by atoms with Gasteiger partial charge in [-0.05, 0) is 63.0 Å². The number of ketones is 1. The van der Waals surface area contributed by atoms with Crippen LogP contribution in [-0.4, -0.2) is 16.9 Å². The van der Waals surface area contributed by atoms with E-state index in [9.17, 15) is 14.7 Å². The Morgan fingerprint density at radius 2 is 1.44 bits per heavy atom. The fourth-order valence-corrected chi connectivity index (χ4v) is 4.44. The Labute approximate surface area is 208 Å². The van der Waals surface area contributed by atoms with E-state index in [0.717, 1.165) is 30.6 Å². The summed E-state index contributed by atoms with van der Waals surface area (Å²) in [7, 11) is 0. The Balaban J connectivity index is 2.48. The normalized spacial score (nSPS) is 13.7. The van der Waals surface area contributed by atoms with Gasteiger partial charge >= 0.3 is 5.97 Å². The van der Waals surface area contributed by atoms with Gasteiger partial charge in [-0.15, -0.1) is 0 Å². The van der Waals surface area contributed by atoms with Gasteiger partial charge in [-0.25, -0.2) is 0 Å². The molecular weight excluding hydrogens is 424 g/mol. The number of benzene rings is 1. The van der Waals surface area contributed by atoms with Crippen LogP contribution in [0.25, 0.3) is 0 Å². The maximum atomic E-state index is 11.8. The third-order valence-electron chi connectivity index (χ3n) is 6.67. The summed E-state index contributed by atoms with van der Waals surface area (Å²) in [6.45, 7) is 14.2. The molecule has 2 unspecified atom stereocenters. The quantitative estimate of drug-likeness (QED) is 0.113. The SMILES string of the molecule is CC(=O)Oc1ccc(C(C)=O)c(O)c1C/C=C(\C)CCCC(C)CCCC(C)CCCC(C)C. The number of hydrogen-bond donors (Lipinski definition) is 1. The van der Waals surface area contributed by atoms with Gasteiger partial charge in [0.2, 0.25) is 0 Å². The third kappa shape index (κ3) is 11.9. The molecule has 192 valence electrons. The van der Waals surface area contributed by atoms with Gasteiger partial charge < -0.3 is 9.84 Å². The number of hydrogen-bond acceptors (Lipinski definition) is 4. The summed E-state index contributed by atoms with van der Waals surface area (Å²) in [6.07, 6.45) is 13.9. The first kappa shape index (κ1) is 29.9. The van der Waals surface area contributed by atoms with Gasteiger partial charge in [-0.3, -0.25) is 9.59 Å². The van der Waals surface area contributed by atoms with E-state index in [1.807, 2.05) is 0 Å². The van der Waals surface area contributed by atoms with E-state index in [0.29, 0.717) is 17.7 Å². The summed E-state index contributed by atoms with van der Waals surface area (Å²) in [5, 5.41) is 10.6. The molecule has 2 atom stereocenters. The summed E-state index contributed by atoms with van der Waals surface area (Å²) in [4.78, 5) is 23.2. The number of esters is 1. The second-order valence-electron chi connectivity index (χ2n) is 10.7. The van der Waals surface area contributed by atoms with Crippen LogP contribution >= 0.6 is 0 Å². The minimum atomic E-state index is -0.448. The van der Waals surface area contributed by atoms with E-state index in [1.165, 1.54) is 70.4 Å². The Bertz CT molecular complexity index is 806. The maximum Gasteiger partial charge on any atom is 0.308 e. The third-order valence-corrected chi connectivity index (χ3v) is 6.67. The molecule has 0 amide bonds. The van der Waals surface area contributed by atoms with Crippen molar-refractivity contribution in [1.82, 2.24) is 0 Å². The van der Waals surface area contributed by atoms with Crippen LogP contribution in [0.5, 0.6) is 11.5 Å². The zero-order chi connectivity index (χ0) is 25.7. The van der Waals surface area contributed by atoms with Crippen LogP contribution in [0.4, 0.5) is 0 Å². The average Bonchev–Trinajstić information content (AvgIpc) is 2.72. The monoisotopic (exact) mass is 472 g/mol. The molecule has 0 saturated carbocycles. The molecule has 1 rings (SSSR count). The van der Waals surface area contributed by atoms with Crippen molar-refractivity contribution in [1.29, 1.82) is 0 Å². The van der Waals surface area contributed by atoms with Gasteiger partial charge in [0.1, 0.15) is 11.5 Å². The number of carbonyl (C=O) groups excluding carboxylic acids is 2. The van der Waals surface area contributed by atoms with Gasteiger partial charge in [0.05, 0.1) is 5.56 Å². The van der Waals surface area contributed by atoms with Gasteiger partial charge in [0, 0.05) is 12.5 Å². The molecule has 1 aromatic rings. The predicted octanol–water partition coefficient (Wildman–Crippen LogP) is 8.45. The highest BCUT2D eigenvalue weighted by Crippen LogP contribution is 2.33. The number of phenolic OH excluding ortho intramolecular Hbond substituents is 1. The minimum Gasteiger partial charge on any atom is -0.507 e. The lowest BCUT2D eigenvalue weighted by Gasteiger charge is -2.15. The van der Waals surface area contributed by atoms with Crippen LogP contribution in [0.3, 0.4) is 0 Å². The van der Waals surface area contributed by atoms with Crippen molar-refractivity contribution in [2.24, 2.45) is 17.8 Å². The van der Waals surface area contributed by atoms with E-state index >= 15 is 0 Å². The summed E-state index contributed by atoms with van der Waals surface area (Å²) in [5.41, 5.74) is 1.98. The van der Waals surface area contributed by atoms with Gasteiger partial charge in [-0.2, -0.15) is 0 Å². The molecule has 1 aromatic carbocycles. The summed E-state index contributed by atoms with van der Waals surface area (Å²) >= 11 is 0. The van der Waals surface area contributed by atoms with Gasteiger partial charge in [0.15, 0.2) is 5.78 Å². The maximum absolute atomic E-state index is 11.8. The molecule has 0 heterocycles. The number of aromatic hydroxyl groups is 1. The van der Waals surface area contributed by atoms with E-state index < -0.39 is 5.97 Å². The van der Waals surface area contributed by atoms with Crippen LogP contribution < -0.4 is 4.74 Å². The first-order valence-electron chi connectivity index (χ1n) is 13.2. The molecule has 1 N–H and O–H groups in total. The topological polar surface area (TPSA) is 63.6 Å². The zero-order valence-electron chi connectivity index (χ0n) is 22.7. The number of carbonyl (C=O) groups is 2. The molecule has 0 aliphatic heterocycles. The van der Waals surface area contributed by atoms with Crippen LogP contribution in [-0.2, 0) is 11.2 Å². The molecule has 0 spiro atoms. The Kier molecular flexibility index (Phi) is 13.9. The van der Waals surface area contributed by atoms with Crippen molar-refractivity contribution < 1.29 is 19.4 Å².